The monoisotopic (exact) mass is 312 g/mol. The minimum Gasteiger partial charge on any atom is -0.478 e. The number of carboxylic acid groups (broad SMARTS) is 1. The van der Waals surface area contributed by atoms with Gasteiger partial charge in [-0.1, -0.05) is 12.1 Å². The van der Waals surface area contributed by atoms with Crippen LogP contribution >= 0.6 is 0 Å². The van der Waals surface area contributed by atoms with Gasteiger partial charge in [-0.05, 0) is 25.0 Å². The van der Waals surface area contributed by atoms with Gasteiger partial charge in [-0.25, -0.2) is 18.0 Å². The summed E-state index contributed by atoms with van der Waals surface area (Å²) < 4.78 is 22.6. The molecule has 2 rings (SSSR count). The Hall–Kier alpha value is -2.09. The van der Waals surface area contributed by atoms with E-state index < -0.39 is 27.9 Å². The molecule has 1 heterocycles. The number of amides is 2. The molecule has 7 nitrogen and oxygen atoms in total. The second-order valence-corrected chi connectivity index (χ2v) is 7.23. The summed E-state index contributed by atoms with van der Waals surface area (Å²) in [5, 5.41) is 14.2. The Labute approximate surface area is 122 Å². The van der Waals surface area contributed by atoms with Gasteiger partial charge in [0.1, 0.15) is 0 Å². The van der Waals surface area contributed by atoms with E-state index in [1.807, 2.05) is 0 Å². The first kappa shape index (κ1) is 15.3. The molecule has 1 aromatic carbocycles. The van der Waals surface area contributed by atoms with Gasteiger partial charge in [-0.2, -0.15) is 0 Å². The van der Waals surface area contributed by atoms with Crippen molar-refractivity contribution < 1.29 is 23.1 Å². The maximum Gasteiger partial charge on any atom is 0.338 e. The largest absolute Gasteiger partial charge is 0.478 e. The van der Waals surface area contributed by atoms with Crippen LogP contribution in [0.2, 0.25) is 0 Å². The molecule has 1 unspecified atom stereocenters. The van der Waals surface area contributed by atoms with Gasteiger partial charge in [-0.15, -0.1) is 0 Å². The van der Waals surface area contributed by atoms with E-state index in [-0.39, 0.29) is 22.8 Å². The van der Waals surface area contributed by atoms with Gasteiger partial charge in [0.2, 0.25) is 0 Å². The van der Waals surface area contributed by atoms with E-state index in [2.05, 4.69) is 10.6 Å². The molecule has 1 aliphatic rings. The zero-order valence-electron chi connectivity index (χ0n) is 11.4. The summed E-state index contributed by atoms with van der Waals surface area (Å²) in [6.45, 7) is 1.64. The summed E-state index contributed by atoms with van der Waals surface area (Å²) in [6, 6.07) is 3.72. The minimum atomic E-state index is -3.08. The van der Waals surface area contributed by atoms with Crippen LogP contribution in [-0.4, -0.2) is 43.1 Å². The lowest BCUT2D eigenvalue weighted by Crippen LogP contribution is -2.38. The molecule has 0 bridgehead atoms. The first-order valence-electron chi connectivity index (χ1n) is 6.39. The molecule has 0 spiro atoms. The molecule has 0 radical (unpaired) electrons. The quantitative estimate of drug-likeness (QED) is 0.771. The van der Waals surface area contributed by atoms with E-state index in [9.17, 15) is 18.0 Å². The summed E-state index contributed by atoms with van der Waals surface area (Å²) in [5.41, 5.74) is 0.733. The molecule has 8 heteroatoms. The van der Waals surface area contributed by atoms with Gasteiger partial charge in [-0.3, -0.25) is 0 Å². The number of urea groups is 1. The van der Waals surface area contributed by atoms with Crippen molar-refractivity contribution in [3.05, 3.63) is 29.3 Å². The molecule has 21 heavy (non-hydrogen) atoms. The molecule has 3 N–H and O–H groups in total. The van der Waals surface area contributed by atoms with E-state index in [0.717, 1.165) is 0 Å². The van der Waals surface area contributed by atoms with Crippen molar-refractivity contribution in [1.82, 2.24) is 5.32 Å². The van der Waals surface area contributed by atoms with Gasteiger partial charge in [0.25, 0.3) is 0 Å². The smallest absolute Gasteiger partial charge is 0.338 e. The van der Waals surface area contributed by atoms with Crippen LogP contribution in [0.1, 0.15) is 22.3 Å². The molecule has 0 saturated carbocycles. The van der Waals surface area contributed by atoms with Crippen molar-refractivity contribution in [1.29, 1.82) is 0 Å². The number of sulfone groups is 1. The Morgan fingerprint density at radius 1 is 1.33 bits per heavy atom. The molecule has 1 fully saturated rings. The lowest BCUT2D eigenvalue weighted by Gasteiger charge is -2.14. The highest BCUT2D eigenvalue weighted by atomic mass is 32.2. The number of rotatable bonds is 3. The Bertz CT molecular complexity index is 684. The van der Waals surface area contributed by atoms with Crippen molar-refractivity contribution in [3.63, 3.8) is 0 Å². The van der Waals surface area contributed by atoms with Crippen molar-refractivity contribution in [2.75, 3.05) is 16.8 Å². The van der Waals surface area contributed by atoms with Crippen LogP contribution in [-0.2, 0) is 9.84 Å². The number of carbonyl (C=O) groups excluding carboxylic acids is 1. The van der Waals surface area contributed by atoms with Gasteiger partial charge in [0, 0.05) is 6.04 Å². The lowest BCUT2D eigenvalue weighted by molar-refractivity contribution is 0.0697. The Balaban J connectivity index is 2.07. The summed E-state index contributed by atoms with van der Waals surface area (Å²) in [6.07, 6.45) is 0.370. The predicted molar refractivity (Wildman–Crippen MR) is 77.4 cm³/mol. The predicted octanol–water partition coefficient (Wildman–Crippen LogP) is 1.00. The summed E-state index contributed by atoms with van der Waals surface area (Å²) in [5.74, 6) is -1.16. The fourth-order valence-corrected chi connectivity index (χ4v) is 3.98. The Morgan fingerprint density at radius 2 is 2.05 bits per heavy atom. The van der Waals surface area contributed by atoms with Crippen LogP contribution in [0.5, 0.6) is 0 Å². The van der Waals surface area contributed by atoms with Crippen molar-refractivity contribution >= 4 is 27.5 Å². The molecule has 1 aliphatic heterocycles. The zero-order valence-corrected chi connectivity index (χ0v) is 12.2. The summed E-state index contributed by atoms with van der Waals surface area (Å²) in [4.78, 5) is 23.1. The first-order valence-corrected chi connectivity index (χ1v) is 8.21. The van der Waals surface area contributed by atoms with E-state index in [4.69, 9.17) is 5.11 Å². The maximum absolute atomic E-state index is 11.9. The second kappa shape index (κ2) is 5.72. The number of aromatic carboxylic acids is 1. The molecule has 0 aromatic heterocycles. The number of hydrogen-bond donors (Lipinski definition) is 3. The van der Waals surface area contributed by atoms with Crippen LogP contribution < -0.4 is 10.6 Å². The fourth-order valence-electron chi connectivity index (χ4n) is 2.31. The van der Waals surface area contributed by atoms with Crippen molar-refractivity contribution in [2.45, 2.75) is 19.4 Å². The third-order valence-corrected chi connectivity index (χ3v) is 5.07. The third-order valence-electron chi connectivity index (χ3n) is 3.30. The first-order chi connectivity index (χ1) is 9.78. The average Bonchev–Trinajstić information content (AvgIpc) is 2.67. The lowest BCUT2D eigenvalue weighted by atomic mass is 10.1. The van der Waals surface area contributed by atoms with E-state index >= 15 is 0 Å². The average molecular weight is 312 g/mol. The second-order valence-electron chi connectivity index (χ2n) is 5.00. The number of aryl methyl sites for hydroxylation is 1. The summed E-state index contributed by atoms with van der Waals surface area (Å²) >= 11 is 0. The van der Waals surface area contributed by atoms with Gasteiger partial charge in [0.05, 0.1) is 22.8 Å². The Kier molecular flexibility index (Phi) is 4.17. The van der Waals surface area contributed by atoms with Crippen LogP contribution in [0.25, 0.3) is 0 Å². The highest BCUT2D eigenvalue weighted by molar-refractivity contribution is 7.91. The van der Waals surface area contributed by atoms with Crippen LogP contribution in [0.3, 0.4) is 0 Å². The molecule has 114 valence electrons. The highest BCUT2D eigenvalue weighted by Gasteiger charge is 2.29. The van der Waals surface area contributed by atoms with E-state index in [1.165, 1.54) is 6.07 Å². The fraction of sp³-hybridized carbons (Fsp3) is 0.385. The van der Waals surface area contributed by atoms with Crippen molar-refractivity contribution in [2.24, 2.45) is 0 Å². The molecule has 1 atom stereocenters. The molecule has 1 saturated heterocycles. The summed E-state index contributed by atoms with van der Waals surface area (Å²) in [7, 11) is -3.08. The van der Waals surface area contributed by atoms with Crippen molar-refractivity contribution in [3.8, 4) is 0 Å². The van der Waals surface area contributed by atoms with Gasteiger partial charge >= 0.3 is 12.0 Å². The zero-order chi connectivity index (χ0) is 15.6. The Morgan fingerprint density at radius 3 is 2.62 bits per heavy atom. The normalized spacial score (nSPS) is 20.0. The topological polar surface area (TPSA) is 113 Å². The molecular formula is C13H16N2O5S. The van der Waals surface area contributed by atoms with Crippen LogP contribution in [0.15, 0.2) is 18.2 Å². The molecule has 1 aromatic rings. The highest BCUT2D eigenvalue weighted by Crippen LogP contribution is 2.19. The van der Waals surface area contributed by atoms with Gasteiger partial charge in [0.15, 0.2) is 9.84 Å². The standard InChI is InChI=1S/C13H16N2O5S/c1-8-3-2-4-10(11(8)12(16)17)15-13(18)14-9-5-6-21(19,20)7-9/h2-4,9H,5-7H2,1H3,(H,16,17)(H2,14,15,18). The number of nitrogens with one attached hydrogen (secondary N) is 2. The van der Waals surface area contributed by atoms with Gasteiger partial charge < -0.3 is 15.7 Å². The number of anilines is 1. The molecular weight excluding hydrogens is 296 g/mol. The molecule has 2 amide bonds. The minimum absolute atomic E-state index is 0.0201. The maximum atomic E-state index is 11.9. The van der Waals surface area contributed by atoms with E-state index in [0.29, 0.717) is 12.0 Å². The van der Waals surface area contributed by atoms with Crippen LogP contribution in [0, 0.1) is 6.92 Å². The number of carboxylic acids is 1. The third kappa shape index (κ3) is 3.72. The number of hydrogen-bond acceptors (Lipinski definition) is 4. The molecule has 0 aliphatic carbocycles. The SMILES string of the molecule is Cc1cccc(NC(=O)NC2CCS(=O)(=O)C2)c1C(=O)O. The number of benzene rings is 1. The number of carbonyl (C=O) groups is 2. The van der Waals surface area contributed by atoms with E-state index in [1.54, 1.807) is 19.1 Å². The van der Waals surface area contributed by atoms with Crippen LogP contribution in [0.4, 0.5) is 10.5 Å².